The molecule has 0 radical (unpaired) electrons. The van der Waals surface area contributed by atoms with Gasteiger partial charge in [-0.05, 0) is 61.0 Å². The minimum absolute atomic E-state index is 0.121. The van der Waals surface area contributed by atoms with Crippen molar-refractivity contribution in [2.75, 3.05) is 14.2 Å². The van der Waals surface area contributed by atoms with Crippen molar-refractivity contribution in [3.05, 3.63) is 92.4 Å². The lowest BCUT2D eigenvalue weighted by atomic mass is 10.1. The molecule has 156 valence electrons. The zero-order chi connectivity index (χ0) is 22.0. The molecule has 0 saturated carbocycles. The van der Waals surface area contributed by atoms with Gasteiger partial charge in [0, 0.05) is 10.0 Å². The molecule has 0 bridgehead atoms. The number of halogens is 1. The van der Waals surface area contributed by atoms with E-state index in [1.54, 1.807) is 24.9 Å². The van der Waals surface area contributed by atoms with Gasteiger partial charge in [0.2, 0.25) is 0 Å². The van der Waals surface area contributed by atoms with E-state index in [1.807, 2.05) is 73.7 Å². The molecule has 3 aromatic carbocycles. The number of fused-ring (bicyclic) bond motifs is 1. The van der Waals surface area contributed by atoms with Crippen molar-refractivity contribution >= 4 is 39.0 Å². The first-order chi connectivity index (χ1) is 15.0. The van der Waals surface area contributed by atoms with Crippen LogP contribution in [0.2, 0.25) is 0 Å². The number of rotatable bonds is 5. The molecule has 0 N–H and O–H groups in total. The molecule has 0 aliphatic carbocycles. The summed E-state index contributed by atoms with van der Waals surface area (Å²) >= 11 is 3.53. The fraction of sp³-hybridized carbons (Fsp3) is 0.120. The van der Waals surface area contributed by atoms with Gasteiger partial charge in [-0.3, -0.25) is 9.36 Å². The molecule has 4 aromatic rings. The van der Waals surface area contributed by atoms with Crippen molar-refractivity contribution in [1.29, 1.82) is 0 Å². The molecule has 0 amide bonds. The second-order valence-corrected chi connectivity index (χ2v) is 7.83. The minimum Gasteiger partial charge on any atom is -0.493 e. The van der Waals surface area contributed by atoms with Gasteiger partial charge in [-0.1, -0.05) is 40.2 Å². The maximum absolute atomic E-state index is 13.4. The fourth-order valence-corrected chi connectivity index (χ4v) is 3.73. The monoisotopic (exact) mass is 476 g/mol. The third kappa shape index (κ3) is 3.99. The lowest BCUT2D eigenvalue weighted by molar-refractivity contribution is 0.354. The Morgan fingerprint density at radius 3 is 2.52 bits per heavy atom. The van der Waals surface area contributed by atoms with E-state index >= 15 is 0 Å². The Morgan fingerprint density at radius 2 is 1.77 bits per heavy atom. The zero-order valence-electron chi connectivity index (χ0n) is 17.4. The molecule has 5 nitrogen and oxygen atoms in total. The first-order valence-corrected chi connectivity index (χ1v) is 10.5. The molecular weight excluding hydrogens is 456 g/mol. The number of benzene rings is 3. The van der Waals surface area contributed by atoms with Crippen LogP contribution in [0.5, 0.6) is 11.5 Å². The Morgan fingerprint density at radius 1 is 0.968 bits per heavy atom. The van der Waals surface area contributed by atoms with Crippen LogP contribution in [-0.4, -0.2) is 23.8 Å². The van der Waals surface area contributed by atoms with Gasteiger partial charge in [0.1, 0.15) is 5.82 Å². The number of nitrogens with zero attached hydrogens (tertiary/aromatic N) is 2. The molecule has 4 rings (SSSR count). The standard InChI is InChI=1S/C25H21BrN2O3/c1-16-15-18(12-13-20(16)26)28-23(27-21-9-5-4-8-19(21)25(28)29)14-11-17-7-6-10-22(30-2)24(17)31-3/h4-15H,1-3H3. The first-order valence-electron chi connectivity index (χ1n) is 9.71. The number of methoxy groups -OCH3 is 2. The number of aromatic nitrogens is 2. The van der Waals surface area contributed by atoms with E-state index in [9.17, 15) is 4.79 Å². The number of hydrogen-bond donors (Lipinski definition) is 0. The number of para-hydroxylation sites is 2. The average molecular weight is 477 g/mol. The normalized spacial score (nSPS) is 11.2. The van der Waals surface area contributed by atoms with E-state index in [-0.39, 0.29) is 5.56 Å². The molecule has 31 heavy (non-hydrogen) atoms. The second-order valence-electron chi connectivity index (χ2n) is 6.98. The predicted octanol–water partition coefficient (Wildman–Crippen LogP) is 5.64. The summed E-state index contributed by atoms with van der Waals surface area (Å²) < 4.78 is 13.5. The van der Waals surface area contributed by atoms with Gasteiger partial charge in [0.25, 0.3) is 5.56 Å². The van der Waals surface area contributed by atoms with Crippen LogP contribution in [0.25, 0.3) is 28.7 Å². The highest BCUT2D eigenvalue weighted by atomic mass is 79.9. The summed E-state index contributed by atoms with van der Waals surface area (Å²) in [7, 11) is 3.20. The maximum Gasteiger partial charge on any atom is 0.266 e. The van der Waals surface area contributed by atoms with E-state index in [4.69, 9.17) is 14.5 Å². The van der Waals surface area contributed by atoms with E-state index in [0.29, 0.717) is 28.2 Å². The van der Waals surface area contributed by atoms with Gasteiger partial charge in [-0.15, -0.1) is 0 Å². The van der Waals surface area contributed by atoms with Crippen LogP contribution in [0.1, 0.15) is 17.0 Å². The number of hydrogen-bond acceptors (Lipinski definition) is 4. The van der Waals surface area contributed by atoms with Crippen LogP contribution in [0.4, 0.5) is 0 Å². The van der Waals surface area contributed by atoms with E-state index in [2.05, 4.69) is 15.9 Å². The smallest absolute Gasteiger partial charge is 0.266 e. The van der Waals surface area contributed by atoms with Gasteiger partial charge in [-0.25, -0.2) is 4.98 Å². The first kappa shape index (κ1) is 20.9. The van der Waals surface area contributed by atoms with E-state index in [0.717, 1.165) is 21.3 Å². The van der Waals surface area contributed by atoms with Crippen LogP contribution in [0, 0.1) is 6.92 Å². The summed E-state index contributed by atoms with van der Waals surface area (Å²) in [4.78, 5) is 18.2. The highest BCUT2D eigenvalue weighted by molar-refractivity contribution is 9.10. The van der Waals surface area contributed by atoms with Crippen molar-refractivity contribution in [2.24, 2.45) is 0 Å². The SMILES string of the molecule is COc1cccc(C=Cc2nc3ccccc3c(=O)n2-c2ccc(Br)c(C)c2)c1OC. The molecule has 1 aromatic heterocycles. The summed E-state index contributed by atoms with van der Waals surface area (Å²) in [5, 5.41) is 0.569. The summed E-state index contributed by atoms with van der Waals surface area (Å²) in [6.07, 6.45) is 3.70. The van der Waals surface area contributed by atoms with Gasteiger partial charge in [0.15, 0.2) is 11.5 Å². The summed E-state index contributed by atoms with van der Waals surface area (Å²) in [5.41, 5.74) is 3.13. The fourth-order valence-electron chi connectivity index (χ4n) is 3.49. The number of aryl methyl sites for hydroxylation is 1. The minimum atomic E-state index is -0.121. The van der Waals surface area contributed by atoms with Crippen molar-refractivity contribution in [2.45, 2.75) is 6.92 Å². The van der Waals surface area contributed by atoms with Crippen molar-refractivity contribution in [3.8, 4) is 17.2 Å². The largest absolute Gasteiger partial charge is 0.493 e. The molecule has 6 heteroatoms. The Hall–Kier alpha value is -3.38. The van der Waals surface area contributed by atoms with Gasteiger partial charge < -0.3 is 9.47 Å². The molecule has 0 unspecified atom stereocenters. The summed E-state index contributed by atoms with van der Waals surface area (Å²) in [6.45, 7) is 1.99. The van der Waals surface area contributed by atoms with E-state index < -0.39 is 0 Å². The average Bonchev–Trinajstić information content (AvgIpc) is 2.79. The molecular formula is C25H21BrN2O3. The third-order valence-electron chi connectivity index (χ3n) is 5.05. The molecule has 0 spiro atoms. The highest BCUT2D eigenvalue weighted by Gasteiger charge is 2.13. The Labute approximate surface area is 188 Å². The van der Waals surface area contributed by atoms with Crippen LogP contribution < -0.4 is 15.0 Å². The summed E-state index contributed by atoms with van der Waals surface area (Å²) in [6, 6.07) is 18.8. The topological polar surface area (TPSA) is 53.3 Å². The van der Waals surface area contributed by atoms with Gasteiger partial charge in [-0.2, -0.15) is 0 Å². The third-order valence-corrected chi connectivity index (χ3v) is 5.94. The van der Waals surface area contributed by atoms with Crippen molar-refractivity contribution < 1.29 is 9.47 Å². The van der Waals surface area contributed by atoms with Crippen LogP contribution >= 0.6 is 15.9 Å². The van der Waals surface area contributed by atoms with E-state index in [1.165, 1.54) is 0 Å². The number of ether oxygens (including phenoxy) is 2. The predicted molar refractivity (Wildman–Crippen MR) is 128 cm³/mol. The lowest BCUT2D eigenvalue weighted by Gasteiger charge is -2.13. The van der Waals surface area contributed by atoms with Crippen molar-refractivity contribution in [1.82, 2.24) is 9.55 Å². The van der Waals surface area contributed by atoms with Crippen LogP contribution in [-0.2, 0) is 0 Å². The Bertz CT molecular complexity index is 1360. The van der Waals surface area contributed by atoms with Crippen LogP contribution in [0.15, 0.2) is 69.9 Å². The molecule has 0 fully saturated rings. The second kappa shape index (κ2) is 8.78. The zero-order valence-corrected chi connectivity index (χ0v) is 19.0. The molecule has 0 aliphatic heterocycles. The molecule has 0 aliphatic rings. The molecule has 0 saturated heterocycles. The van der Waals surface area contributed by atoms with Crippen LogP contribution in [0.3, 0.4) is 0 Å². The lowest BCUT2D eigenvalue weighted by Crippen LogP contribution is -2.22. The Kier molecular flexibility index (Phi) is 5.91. The van der Waals surface area contributed by atoms with Gasteiger partial charge >= 0.3 is 0 Å². The quantitative estimate of drug-likeness (QED) is 0.373. The molecule has 1 heterocycles. The van der Waals surface area contributed by atoms with Crippen molar-refractivity contribution in [3.63, 3.8) is 0 Å². The highest BCUT2D eigenvalue weighted by Crippen LogP contribution is 2.32. The molecule has 0 atom stereocenters. The summed E-state index contributed by atoms with van der Waals surface area (Å²) in [5.74, 6) is 1.78. The van der Waals surface area contributed by atoms with Gasteiger partial charge in [0.05, 0.1) is 30.8 Å². The Balaban J connectivity index is 1.94. The maximum atomic E-state index is 13.4.